The van der Waals surface area contributed by atoms with Crippen LogP contribution in [0.4, 0.5) is 0 Å². The molecule has 116 valence electrons. The van der Waals surface area contributed by atoms with Crippen molar-refractivity contribution in [3.8, 4) is 0 Å². The number of ether oxygens (including phenoxy) is 1. The van der Waals surface area contributed by atoms with Gasteiger partial charge in [0.1, 0.15) is 0 Å². The first kappa shape index (κ1) is 14.8. The molecule has 0 aromatic carbocycles. The first-order valence-electron chi connectivity index (χ1n) is 9.12. The number of hydrogen-bond donors (Lipinski definition) is 1. The minimum Gasteiger partial charge on any atom is -0.375 e. The van der Waals surface area contributed by atoms with Crippen LogP contribution in [0, 0.1) is 17.8 Å². The van der Waals surface area contributed by atoms with Gasteiger partial charge in [0.2, 0.25) is 0 Å². The molecule has 4 unspecified atom stereocenters. The Morgan fingerprint density at radius 3 is 2.65 bits per heavy atom. The number of rotatable bonds is 2. The summed E-state index contributed by atoms with van der Waals surface area (Å²) < 4.78 is 6.28. The Morgan fingerprint density at radius 2 is 1.90 bits per heavy atom. The molecule has 1 spiro atoms. The second kappa shape index (κ2) is 6.36. The van der Waals surface area contributed by atoms with Crippen LogP contribution in [-0.4, -0.2) is 18.2 Å². The molecule has 2 N–H and O–H groups in total. The molecule has 3 fully saturated rings. The van der Waals surface area contributed by atoms with Crippen molar-refractivity contribution in [1.29, 1.82) is 0 Å². The number of nitrogens with two attached hydrogens (primary N) is 1. The summed E-state index contributed by atoms with van der Waals surface area (Å²) in [5.41, 5.74) is 6.75. The van der Waals surface area contributed by atoms with Crippen LogP contribution in [0.15, 0.2) is 0 Å². The fourth-order valence-electron chi connectivity index (χ4n) is 5.21. The van der Waals surface area contributed by atoms with Crippen LogP contribution in [0.1, 0.15) is 77.6 Å². The fourth-order valence-corrected chi connectivity index (χ4v) is 5.21. The minimum absolute atomic E-state index is 0.250. The molecular formula is C18H33NO. The lowest BCUT2D eigenvalue weighted by Crippen LogP contribution is -2.48. The largest absolute Gasteiger partial charge is 0.375 e. The van der Waals surface area contributed by atoms with Crippen LogP contribution >= 0.6 is 0 Å². The molecule has 2 saturated carbocycles. The van der Waals surface area contributed by atoms with Crippen molar-refractivity contribution < 1.29 is 4.74 Å². The summed E-state index contributed by atoms with van der Waals surface area (Å²) >= 11 is 0. The van der Waals surface area contributed by atoms with Gasteiger partial charge in [0, 0.05) is 12.6 Å². The lowest BCUT2D eigenvalue weighted by atomic mass is 9.65. The zero-order valence-electron chi connectivity index (χ0n) is 13.3. The lowest BCUT2D eigenvalue weighted by Gasteiger charge is -2.48. The van der Waals surface area contributed by atoms with Crippen LogP contribution in [-0.2, 0) is 4.74 Å². The molecule has 0 aromatic heterocycles. The zero-order valence-corrected chi connectivity index (χ0v) is 13.3. The van der Waals surface area contributed by atoms with Gasteiger partial charge in [0.25, 0.3) is 0 Å². The summed E-state index contributed by atoms with van der Waals surface area (Å²) in [5, 5.41) is 0. The van der Waals surface area contributed by atoms with Gasteiger partial charge in [0.05, 0.1) is 5.60 Å². The Kier molecular flexibility index (Phi) is 4.72. The monoisotopic (exact) mass is 279 g/mol. The van der Waals surface area contributed by atoms with E-state index in [0.29, 0.717) is 6.04 Å². The summed E-state index contributed by atoms with van der Waals surface area (Å²) in [5.74, 6) is 2.55. The lowest BCUT2D eigenvalue weighted by molar-refractivity contribution is -0.129. The van der Waals surface area contributed by atoms with E-state index in [-0.39, 0.29) is 5.60 Å². The topological polar surface area (TPSA) is 35.2 Å². The van der Waals surface area contributed by atoms with Gasteiger partial charge < -0.3 is 10.5 Å². The molecule has 1 saturated heterocycles. The van der Waals surface area contributed by atoms with Crippen molar-refractivity contribution in [1.82, 2.24) is 0 Å². The second-order valence-electron chi connectivity index (χ2n) is 7.76. The van der Waals surface area contributed by atoms with E-state index in [2.05, 4.69) is 6.92 Å². The molecule has 2 nitrogen and oxygen atoms in total. The van der Waals surface area contributed by atoms with Gasteiger partial charge in [-0.2, -0.15) is 0 Å². The van der Waals surface area contributed by atoms with Gasteiger partial charge in [-0.25, -0.2) is 0 Å². The average Bonchev–Trinajstić information content (AvgIpc) is 2.48. The highest BCUT2D eigenvalue weighted by molar-refractivity contribution is 4.95. The molecule has 0 radical (unpaired) electrons. The molecule has 4 atom stereocenters. The van der Waals surface area contributed by atoms with E-state index in [9.17, 15) is 0 Å². The molecule has 0 amide bonds. The predicted octanol–water partition coefficient (Wildman–Crippen LogP) is 4.27. The average molecular weight is 279 g/mol. The third-order valence-electron chi connectivity index (χ3n) is 6.54. The summed E-state index contributed by atoms with van der Waals surface area (Å²) in [6, 6.07) is 0.460. The summed E-state index contributed by atoms with van der Waals surface area (Å²) in [6.45, 7) is 3.34. The summed E-state index contributed by atoms with van der Waals surface area (Å²) in [6.07, 6.45) is 14.7. The normalized spacial score (nSPS) is 41.7. The third kappa shape index (κ3) is 3.06. The highest BCUT2D eigenvalue weighted by atomic mass is 16.5. The van der Waals surface area contributed by atoms with Crippen molar-refractivity contribution in [2.75, 3.05) is 6.61 Å². The summed E-state index contributed by atoms with van der Waals surface area (Å²) in [4.78, 5) is 0. The maximum absolute atomic E-state index is 6.50. The highest BCUT2D eigenvalue weighted by Gasteiger charge is 2.43. The van der Waals surface area contributed by atoms with Crippen LogP contribution in [0.5, 0.6) is 0 Å². The molecule has 1 aliphatic heterocycles. The van der Waals surface area contributed by atoms with E-state index in [1.165, 1.54) is 70.6 Å². The van der Waals surface area contributed by atoms with Gasteiger partial charge in [0.15, 0.2) is 0 Å². The van der Waals surface area contributed by atoms with Crippen molar-refractivity contribution in [2.24, 2.45) is 23.5 Å². The maximum atomic E-state index is 6.50. The SMILES string of the molecule is CCC1CCC(N)C(C2CCOC3(CCCCC3)C2)C1. The molecule has 0 bridgehead atoms. The first-order valence-corrected chi connectivity index (χ1v) is 9.12. The highest BCUT2D eigenvalue weighted by Crippen LogP contribution is 2.46. The van der Waals surface area contributed by atoms with Gasteiger partial charge >= 0.3 is 0 Å². The van der Waals surface area contributed by atoms with Crippen LogP contribution in [0.25, 0.3) is 0 Å². The van der Waals surface area contributed by atoms with Gasteiger partial charge in [-0.3, -0.25) is 0 Å². The molecule has 3 aliphatic rings. The van der Waals surface area contributed by atoms with Crippen LogP contribution in [0.3, 0.4) is 0 Å². The molecular weight excluding hydrogens is 246 g/mol. The predicted molar refractivity (Wildman–Crippen MR) is 83.6 cm³/mol. The summed E-state index contributed by atoms with van der Waals surface area (Å²) in [7, 11) is 0. The van der Waals surface area contributed by atoms with Crippen LogP contribution in [0.2, 0.25) is 0 Å². The maximum Gasteiger partial charge on any atom is 0.0685 e. The van der Waals surface area contributed by atoms with Gasteiger partial charge in [-0.15, -0.1) is 0 Å². The minimum atomic E-state index is 0.250. The van der Waals surface area contributed by atoms with Gasteiger partial charge in [-0.05, 0) is 62.7 Å². The Hall–Kier alpha value is -0.0800. The van der Waals surface area contributed by atoms with Crippen molar-refractivity contribution in [3.05, 3.63) is 0 Å². The van der Waals surface area contributed by atoms with E-state index < -0.39 is 0 Å². The van der Waals surface area contributed by atoms with E-state index in [4.69, 9.17) is 10.5 Å². The Labute approximate surface area is 124 Å². The smallest absolute Gasteiger partial charge is 0.0685 e. The van der Waals surface area contributed by atoms with Gasteiger partial charge in [-0.1, -0.05) is 32.6 Å². The quantitative estimate of drug-likeness (QED) is 0.819. The van der Waals surface area contributed by atoms with Crippen LogP contribution < -0.4 is 5.73 Å². The Morgan fingerprint density at radius 1 is 1.10 bits per heavy atom. The third-order valence-corrected chi connectivity index (χ3v) is 6.54. The van der Waals surface area contributed by atoms with E-state index >= 15 is 0 Å². The van der Waals surface area contributed by atoms with Crippen molar-refractivity contribution in [3.63, 3.8) is 0 Å². The standard InChI is InChI=1S/C18H33NO/c1-2-14-6-7-17(19)16(12-14)15-8-11-20-18(13-15)9-4-3-5-10-18/h14-17H,2-13,19H2,1H3. The first-order chi connectivity index (χ1) is 9.72. The Bertz CT molecular complexity index is 305. The molecule has 2 aliphatic carbocycles. The second-order valence-corrected chi connectivity index (χ2v) is 7.76. The molecule has 2 heteroatoms. The van der Waals surface area contributed by atoms with E-state index in [1.54, 1.807) is 0 Å². The van der Waals surface area contributed by atoms with Crippen molar-refractivity contribution in [2.45, 2.75) is 89.2 Å². The molecule has 0 aromatic rings. The molecule has 1 heterocycles. The van der Waals surface area contributed by atoms with E-state index in [0.717, 1.165) is 24.4 Å². The Balaban J connectivity index is 1.66. The zero-order chi connectivity index (χ0) is 14.0. The van der Waals surface area contributed by atoms with Crippen molar-refractivity contribution >= 4 is 0 Å². The molecule has 20 heavy (non-hydrogen) atoms. The fraction of sp³-hybridized carbons (Fsp3) is 1.00. The molecule has 3 rings (SSSR count). The number of hydrogen-bond acceptors (Lipinski definition) is 2. The van der Waals surface area contributed by atoms with E-state index in [1.807, 2.05) is 0 Å².